The van der Waals surface area contributed by atoms with Crippen LogP contribution in [0.1, 0.15) is 16.2 Å². The lowest BCUT2D eigenvalue weighted by molar-refractivity contribution is 0.0690. The highest BCUT2D eigenvalue weighted by Gasteiger charge is 2.04. The minimum absolute atomic E-state index is 0.0626. The summed E-state index contributed by atoms with van der Waals surface area (Å²) in [5, 5.41) is 8.75. The van der Waals surface area contributed by atoms with E-state index >= 15 is 0 Å². The van der Waals surface area contributed by atoms with Gasteiger partial charge in [0.25, 0.3) is 0 Å². The molecule has 15 heavy (non-hydrogen) atoms. The van der Waals surface area contributed by atoms with Gasteiger partial charge < -0.3 is 9.67 Å². The highest BCUT2D eigenvalue weighted by atomic mass is 16.4. The molecule has 0 saturated heterocycles. The molecule has 0 fully saturated rings. The van der Waals surface area contributed by atoms with Gasteiger partial charge in [-0.25, -0.2) is 14.8 Å². The molecule has 2 aromatic heterocycles. The predicted molar refractivity (Wildman–Crippen MR) is 52.5 cm³/mol. The van der Waals surface area contributed by atoms with Crippen LogP contribution in [0, 0.1) is 0 Å². The van der Waals surface area contributed by atoms with Crippen molar-refractivity contribution in [1.82, 2.24) is 14.5 Å². The molecule has 5 nitrogen and oxygen atoms in total. The Kier molecular flexibility index (Phi) is 2.45. The standard InChI is InChI=1S/C10H9N3O2/c14-10(15)9-3-1-2-8(12-9)6-13-5-4-11-7-13/h1-5,7H,6H2,(H,14,15). The van der Waals surface area contributed by atoms with E-state index in [1.807, 2.05) is 4.57 Å². The van der Waals surface area contributed by atoms with Crippen molar-refractivity contribution < 1.29 is 9.90 Å². The summed E-state index contributed by atoms with van der Waals surface area (Å²) in [5.74, 6) is -1.01. The van der Waals surface area contributed by atoms with Crippen molar-refractivity contribution >= 4 is 5.97 Å². The molecule has 0 spiro atoms. The summed E-state index contributed by atoms with van der Waals surface area (Å²) >= 11 is 0. The number of aromatic carboxylic acids is 1. The van der Waals surface area contributed by atoms with Gasteiger partial charge in [-0.2, -0.15) is 0 Å². The Labute approximate surface area is 86.0 Å². The fraction of sp³-hybridized carbons (Fsp3) is 0.100. The maximum absolute atomic E-state index is 10.7. The first kappa shape index (κ1) is 9.39. The molecular weight excluding hydrogens is 194 g/mol. The maximum atomic E-state index is 10.7. The Hall–Kier alpha value is -2.17. The number of rotatable bonds is 3. The number of hydrogen-bond donors (Lipinski definition) is 1. The zero-order valence-electron chi connectivity index (χ0n) is 7.87. The molecular formula is C10H9N3O2. The SMILES string of the molecule is O=C(O)c1cccc(Cn2ccnc2)n1. The van der Waals surface area contributed by atoms with Crippen LogP contribution < -0.4 is 0 Å². The lowest BCUT2D eigenvalue weighted by atomic mass is 10.3. The van der Waals surface area contributed by atoms with E-state index < -0.39 is 5.97 Å². The smallest absolute Gasteiger partial charge is 0.354 e. The number of aromatic nitrogens is 3. The van der Waals surface area contributed by atoms with Gasteiger partial charge in [-0.15, -0.1) is 0 Å². The summed E-state index contributed by atoms with van der Waals surface area (Å²) in [4.78, 5) is 18.6. The molecule has 0 unspecified atom stereocenters. The van der Waals surface area contributed by atoms with E-state index in [4.69, 9.17) is 5.11 Å². The van der Waals surface area contributed by atoms with Gasteiger partial charge in [-0.1, -0.05) is 6.07 Å². The summed E-state index contributed by atoms with van der Waals surface area (Å²) in [5.41, 5.74) is 0.764. The number of hydrogen-bond acceptors (Lipinski definition) is 3. The number of carboxylic acids is 1. The van der Waals surface area contributed by atoms with Gasteiger partial charge in [0.15, 0.2) is 0 Å². The quantitative estimate of drug-likeness (QED) is 0.808. The molecule has 0 radical (unpaired) electrons. The molecule has 2 rings (SSSR count). The second-order valence-corrected chi connectivity index (χ2v) is 3.05. The van der Waals surface area contributed by atoms with Crippen molar-refractivity contribution in [2.75, 3.05) is 0 Å². The summed E-state index contributed by atoms with van der Waals surface area (Å²) in [6.45, 7) is 0.529. The zero-order valence-corrected chi connectivity index (χ0v) is 7.87. The Morgan fingerprint density at radius 1 is 1.47 bits per heavy atom. The number of carboxylic acid groups (broad SMARTS) is 1. The van der Waals surface area contributed by atoms with Crippen LogP contribution in [0.25, 0.3) is 0 Å². The monoisotopic (exact) mass is 203 g/mol. The largest absolute Gasteiger partial charge is 0.477 e. The molecule has 0 saturated carbocycles. The van der Waals surface area contributed by atoms with Gasteiger partial charge in [0, 0.05) is 12.4 Å². The van der Waals surface area contributed by atoms with Gasteiger partial charge >= 0.3 is 5.97 Å². The van der Waals surface area contributed by atoms with E-state index in [0.29, 0.717) is 12.2 Å². The van der Waals surface area contributed by atoms with Crippen molar-refractivity contribution in [3.8, 4) is 0 Å². The Bertz CT molecular complexity index is 465. The average Bonchev–Trinajstić information content (AvgIpc) is 2.71. The average molecular weight is 203 g/mol. The third kappa shape index (κ3) is 2.19. The summed E-state index contributed by atoms with van der Waals surface area (Å²) in [6.07, 6.45) is 5.13. The van der Waals surface area contributed by atoms with Crippen LogP contribution in [0.4, 0.5) is 0 Å². The fourth-order valence-corrected chi connectivity index (χ4v) is 1.25. The molecule has 0 amide bonds. The topological polar surface area (TPSA) is 68.0 Å². The van der Waals surface area contributed by atoms with Crippen molar-refractivity contribution in [3.05, 3.63) is 48.3 Å². The zero-order chi connectivity index (χ0) is 10.7. The minimum atomic E-state index is -1.01. The van der Waals surface area contributed by atoms with E-state index in [9.17, 15) is 4.79 Å². The van der Waals surface area contributed by atoms with Gasteiger partial charge in [0.05, 0.1) is 18.6 Å². The van der Waals surface area contributed by atoms with E-state index in [1.165, 1.54) is 6.07 Å². The molecule has 0 bridgehead atoms. The first-order valence-corrected chi connectivity index (χ1v) is 4.40. The van der Waals surface area contributed by atoms with E-state index in [1.54, 1.807) is 30.9 Å². The molecule has 0 aliphatic heterocycles. The number of carbonyl (C=O) groups is 1. The molecule has 0 aliphatic carbocycles. The second-order valence-electron chi connectivity index (χ2n) is 3.05. The third-order valence-electron chi connectivity index (χ3n) is 1.93. The highest BCUT2D eigenvalue weighted by Crippen LogP contribution is 2.02. The Morgan fingerprint density at radius 3 is 3.00 bits per heavy atom. The Morgan fingerprint density at radius 2 is 2.33 bits per heavy atom. The molecule has 0 aliphatic rings. The minimum Gasteiger partial charge on any atom is -0.477 e. The molecule has 2 heterocycles. The lowest BCUT2D eigenvalue weighted by Gasteiger charge is -2.02. The van der Waals surface area contributed by atoms with E-state index in [0.717, 1.165) is 0 Å². The van der Waals surface area contributed by atoms with Gasteiger partial charge in [-0.05, 0) is 12.1 Å². The summed E-state index contributed by atoms with van der Waals surface area (Å²) in [6, 6.07) is 4.94. The molecule has 0 aromatic carbocycles. The van der Waals surface area contributed by atoms with Crippen LogP contribution in [-0.4, -0.2) is 25.6 Å². The van der Waals surface area contributed by atoms with E-state index in [-0.39, 0.29) is 5.69 Å². The number of pyridine rings is 1. The molecule has 5 heteroatoms. The van der Waals surface area contributed by atoms with Crippen molar-refractivity contribution in [2.24, 2.45) is 0 Å². The normalized spacial score (nSPS) is 10.1. The number of imidazole rings is 1. The van der Waals surface area contributed by atoms with Crippen LogP contribution >= 0.6 is 0 Å². The fourth-order valence-electron chi connectivity index (χ4n) is 1.25. The van der Waals surface area contributed by atoms with Gasteiger partial charge in [-0.3, -0.25) is 0 Å². The van der Waals surface area contributed by atoms with Crippen LogP contribution in [0.3, 0.4) is 0 Å². The van der Waals surface area contributed by atoms with Crippen molar-refractivity contribution in [1.29, 1.82) is 0 Å². The maximum Gasteiger partial charge on any atom is 0.354 e. The van der Waals surface area contributed by atoms with Crippen LogP contribution in [0.5, 0.6) is 0 Å². The Balaban J connectivity index is 2.22. The summed E-state index contributed by atoms with van der Waals surface area (Å²) in [7, 11) is 0. The molecule has 1 N–H and O–H groups in total. The molecule has 2 aromatic rings. The number of nitrogens with zero attached hydrogens (tertiary/aromatic N) is 3. The molecule has 76 valence electrons. The van der Waals surface area contributed by atoms with Crippen LogP contribution in [0.15, 0.2) is 36.9 Å². The van der Waals surface area contributed by atoms with Gasteiger partial charge in [0.2, 0.25) is 0 Å². The lowest BCUT2D eigenvalue weighted by Crippen LogP contribution is -2.05. The molecule has 0 atom stereocenters. The highest BCUT2D eigenvalue weighted by molar-refractivity contribution is 5.85. The van der Waals surface area contributed by atoms with Gasteiger partial charge in [0.1, 0.15) is 5.69 Å². The predicted octanol–water partition coefficient (Wildman–Crippen LogP) is 1.02. The van der Waals surface area contributed by atoms with Crippen molar-refractivity contribution in [2.45, 2.75) is 6.54 Å². The first-order chi connectivity index (χ1) is 7.25. The first-order valence-electron chi connectivity index (χ1n) is 4.40. The van der Waals surface area contributed by atoms with E-state index in [2.05, 4.69) is 9.97 Å². The second kappa shape index (κ2) is 3.91. The summed E-state index contributed by atoms with van der Waals surface area (Å²) < 4.78 is 1.83. The third-order valence-corrected chi connectivity index (χ3v) is 1.93. The van der Waals surface area contributed by atoms with Crippen LogP contribution in [0.2, 0.25) is 0 Å². The van der Waals surface area contributed by atoms with Crippen molar-refractivity contribution in [3.63, 3.8) is 0 Å². The van der Waals surface area contributed by atoms with Crippen LogP contribution in [-0.2, 0) is 6.54 Å².